The van der Waals surface area contributed by atoms with Gasteiger partial charge < -0.3 is 13.9 Å². The van der Waals surface area contributed by atoms with Gasteiger partial charge in [0.25, 0.3) is 0 Å². The standard InChI is InChI=1S/C18H26N4O3/c1-4-14-13(16(5-2)25-20-14)11-17(23)22-10-8-6-7-9-15(22)18-19-12(3)24-21-18/h15H,4-11H2,1-3H3. The van der Waals surface area contributed by atoms with Gasteiger partial charge in [-0.2, -0.15) is 4.98 Å². The Morgan fingerprint density at radius 3 is 2.68 bits per heavy atom. The van der Waals surface area contributed by atoms with Crippen LogP contribution in [0.15, 0.2) is 9.05 Å². The number of rotatable bonds is 5. The normalized spacial score (nSPS) is 18.4. The highest BCUT2D eigenvalue weighted by atomic mass is 16.5. The molecule has 7 nitrogen and oxygen atoms in total. The fourth-order valence-corrected chi connectivity index (χ4v) is 3.52. The van der Waals surface area contributed by atoms with Gasteiger partial charge in [0, 0.05) is 25.5 Å². The zero-order valence-corrected chi connectivity index (χ0v) is 15.2. The van der Waals surface area contributed by atoms with E-state index in [9.17, 15) is 4.79 Å². The van der Waals surface area contributed by atoms with Crippen molar-refractivity contribution in [1.82, 2.24) is 20.2 Å². The van der Waals surface area contributed by atoms with Crippen LogP contribution in [0.3, 0.4) is 0 Å². The molecule has 0 aromatic carbocycles. The Hall–Kier alpha value is -2.18. The molecule has 1 amide bonds. The topological polar surface area (TPSA) is 85.3 Å². The minimum atomic E-state index is -0.109. The van der Waals surface area contributed by atoms with Gasteiger partial charge in [-0.1, -0.05) is 37.0 Å². The van der Waals surface area contributed by atoms with Gasteiger partial charge in [0.2, 0.25) is 11.8 Å². The molecule has 1 atom stereocenters. The van der Waals surface area contributed by atoms with Crippen LogP contribution in [0, 0.1) is 6.92 Å². The number of nitrogens with zero attached hydrogens (tertiary/aromatic N) is 4. The van der Waals surface area contributed by atoms with Crippen LogP contribution in [0.1, 0.15) is 74.3 Å². The van der Waals surface area contributed by atoms with Crippen molar-refractivity contribution in [3.8, 4) is 0 Å². The predicted molar refractivity (Wildman–Crippen MR) is 90.9 cm³/mol. The molecule has 3 heterocycles. The van der Waals surface area contributed by atoms with E-state index >= 15 is 0 Å². The lowest BCUT2D eigenvalue weighted by atomic mass is 10.0. The van der Waals surface area contributed by atoms with Gasteiger partial charge in [0.1, 0.15) is 5.76 Å². The highest BCUT2D eigenvalue weighted by Crippen LogP contribution is 2.29. The zero-order chi connectivity index (χ0) is 17.8. The molecule has 0 N–H and O–H groups in total. The third-order valence-electron chi connectivity index (χ3n) is 4.85. The summed E-state index contributed by atoms with van der Waals surface area (Å²) in [7, 11) is 0. The van der Waals surface area contributed by atoms with E-state index in [0.717, 1.165) is 62.1 Å². The Bertz CT molecular complexity index is 700. The van der Waals surface area contributed by atoms with Crippen LogP contribution in [-0.2, 0) is 24.1 Å². The summed E-state index contributed by atoms with van der Waals surface area (Å²) < 4.78 is 10.5. The third kappa shape index (κ3) is 3.75. The minimum Gasteiger partial charge on any atom is -0.361 e. The van der Waals surface area contributed by atoms with Crippen molar-refractivity contribution < 1.29 is 13.8 Å². The SMILES string of the molecule is CCc1noc(CC)c1CC(=O)N1CCCCCC1c1noc(C)n1. The first-order chi connectivity index (χ1) is 12.1. The average Bonchev–Trinajstić information content (AvgIpc) is 3.12. The summed E-state index contributed by atoms with van der Waals surface area (Å²) in [6, 6.07) is -0.109. The molecule has 7 heteroatoms. The van der Waals surface area contributed by atoms with E-state index < -0.39 is 0 Å². The second kappa shape index (κ2) is 7.80. The van der Waals surface area contributed by atoms with Crippen molar-refractivity contribution in [2.75, 3.05) is 6.54 Å². The second-order valence-corrected chi connectivity index (χ2v) is 6.54. The van der Waals surface area contributed by atoms with E-state index in [0.29, 0.717) is 18.1 Å². The molecule has 136 valence electrons. The van der Waals surface area contributed by atoms with Crippen LogP contribution in [0.4, 0.5) is 0 Å². The van der Waals surface area contributed by atoms with E-state index in [1.54, 1.807) is 6.92 Å². The van der Waals surface area contributed by atoms with E-state index in [1.807, 2.05) is 18.7 Å². The van der Waals surface area contributed by atoms with Crippen LogP contribution in [0.2, 0.25) is 0 Å². The lowest BCUT2D eigenvalue weighted by Crippen LogP contribution is -2.36. The Morgan fingerprint density at radius 1 is 1.16 bits per heavy atom. The summed E-state index contributed by atoms with van der Waals surface area (Å²) in [5.41, 5.74) is 1.83. The Balaban J connectivity index is 1.84. The predicted octanol–water partition coefficient (Wildman–Crippen LogP) is 3.18. The Morgan fingerprint density at radius 2 is 2.00 bits per heavy atom. The molecule has 1 aliphatic heterocycles. The van der Waals surface area contributed by atoms with E-state index in [1.165, 1.54) is 0 Å². The summed E-state index contributed by atoms with van der Waals surface area (Å²) in [5, 5.41) is 8.18. The molecule has 3 rings (SSSR count). The number of amides is 1. The monoisotopic (exact) mass is 346 g/mol. The van der Waals surface area contributed by atoms with Gasteiger partial charge in [-0.3, -0.25) is 4.79 Å². The molecule has 1 fully saturated rings. The molecule has 0 aliphatic carbocycles. The molecule has 0 bridgehead atoms. The summed E-state index contributed by atoms with van der Waals surface area (Å²) in [4.78, 5) is 19.4. The largest absolute Gasteiger partial charge is 0.361 e. The van der Waals surface area contributed by atoms with E-state index in [4.69, 9.17) is 9.05 Å². The van der Waals surface area contributed by atoms with Crippen LogP contribution in [0.5, 0.6) is 0 Å². The van der Waals surface area contributed by atoms with Crippen molar-refractivity contribution in [3.63, 3.8) is 0 Å². The first-order valence-corrected chi connectivity index (χ1v) is 9.20. The van der Waals surface area contributed by atoms with Crippen molar-refractivity contribution >= 4 is 5.91 Å². The van der Waals surface area contributed by atoms with Crippen LogP contribution >= 0.6 is 0 Å². The summed E-state index contributed by atoms with van der Waals surface area (Å²) in [5.74, 6) is 2.05. The fraction of sp³-hybridized carbons (Fsp3) is 0.667. The first kappa shape index (κ1) is 17.6. The van der Waals surface area contributed by atoms with Crippen LogP contribution in [-0.4, -0.2) is 32.6 Å². The highest BCUT2D eigenvalue weighted by Gasteiger charge is 2.31. The molecule has 0 saturated carbocycles. The number of aryl methyl sites for hydroxylation is 3. The molecule has 1 aliphatic rings. The van der Waals surface area contributed by atoms with Gasteiger partial charge >= 0.3 is 0 Å². The fourth-order valence-electron chi connectivity index (χ4n) is 3.52. The molecule has 2 aromatic heterocycles. The minimum absolute atomic E-state index is 0.0851. The first-order valence-electron chi connectivity index (χ1n) is 9.20. The van der Waals surface area contributed by atoms with E-state index in [-0.39, 0.29) is 11.9 Å². The molecule has 1 unspecified atom stereocenters. The van der Waals surface area contributed by atoms with Crippen molar-refractivity contribution in [2.45, 2.75) is 71.8 Å². The average molecular weight is 346 g/mol. The van der Waals surface area contributed by atoms with Crippen molar-refractivity contribution in [2.24, 2.45) is 0 Å². The molecule has 1 saturated heterocycles. The van der Waals surface area contributed by atoms with Gasteiger partial charge in [-0.05, 0) is 19.3 Å². The van der Waals surface area contributed by atoms with Crippen molar-refractivity contribution in [1.29, 1.82) is 0 Å². The maximum Gasteiger partial charge on any atom is 0.227 e. The smallest absolute Gasteiger partial charge is 0.227 e. The summed E-state index contributed by atoms with van der Waals surface area (Å²) in [6.07, 6.45) is 5.88. The summed E-state index contributed by atoms with van der Waals surface area (Å²) >= 11 is 0. The van der Waals surface area contributed by atoms with Gasteiger partial charge in [0.15, 0.2) is 5.82 Å². The zero-order valence-electron chi connectivity index (χ0n) is 15.2. The van der Waals surface area contributed by atoms with Gasteiger partial charge in [-0.25, -0.2) is 0 Å². The number of carbonyl (C=O) groups is 1. The Labute approximate surface area is 147 Å². The number of hydrogen-bond donors (Lipinski definition) is 0. The second-order valence-electron chi connectivity index (χ2n) is 6.54. The molecular weight excluding hydrogens is 320 g/mol. The molecule has 25 heavy (non-hydrogen) atoms. The summed E-state index contributed by atoms with van der Waals surface area (Å²) in [6.45, 7) is 6.55. The molecule has 2 aromatic rings. The molecular formula is C18H26N4O3. The van der Waals surface area contributed by atoms with Gasteiger partial charge in [-0.15, -0.1) is 0 Å². The molecule has 0 radical (unpaired) electrons. The van der Waals surface area contributed by atoms with Crippen LogP contribution in [0.25, 0.3) is 0 Å². The van der Waals surface area contributed by atoms with Crippen LogP contribution < -0.4 is 0 Å². The van der Waals surface area contributed by atoms with E-state index in [2.05, 4.69) is 15.3 Å². The maximum atomic E-state index is 13.1. The quantitative estimate of drug-likeness (QED) is 0.826. The number of likely N-dealkylation sites (tertiary alicyclic amines) is 1. The van der Waals surface area contributed by atoms with Gasteiger partial charge in [0.05, 0.1) is 18.2 Å². The lowest BCUT2D eigenvalue weighted by Gasteiger charge is -2.28. The molecule has 0 spiro atoms. The number of hydrogen-bond acceptors (Lipinski definition) is 6. The number of aromatic nitrogens is 3. The maximum absolute atomic E-state index is 13.1. The highest BCUT2D eigenvalue weighted by molar-refractivity contribution is 5.79. The van der Waals surface area contributed by atoms with Crippen molar-refractivity contribution in [3.05, 3.63) is 28.7 Å². The number of carbonyl (C=O) groups excluding carboxylic acids is 1. The lowest BCUT2D eigenvalue weighted by molar-refractivity contribution is -0.133. The third-order valence-corrected chi connectivity index (χ3v) is 4.85. The Kier molecular flexibility index (Phi) is 5.50.